The Morgan fingerprint density at radius 1 is 1.42 bits per heavy atom. The highest BCUT2D eigenvalue weighted by Gasteiger charge is 2.17. The van der Waals surface area contributed by atoms with E-state index < -0.39 is 0 Å². The smallest absolute Gasteiger partial charge is 0.259 e. The molecule has 0 spiro atoms. The SMILES string of the molecule is Cc1cccc(-c2nc(C(N)CN(C)C)no2)c1Cl. The van der Waals surface area contributed by atoms with E-state index >= 15 is 0 Å². The van der Waals surface area contributed by atoms with Gasteiger partial charge in [-0.1, -0.05) is 28.9 Å². The van der Waals surface area contributed by atoms with Crippen molar-refractivity contribution in [2.75, 3.05) is 20.6 Å². The number of benzene rings is 1. The van der Waals surface area contributed by atoms with Gasteiger partial charge in [0.2, 0.25) is 0 Å². The van der Waals surface area contributed by atoms with E-state index in [0.29, 0.717) is 23.3 Å². The molecule has 0 aliphatic rings. The predicted molar refractivity (Wildman–Crippen MR) is 75.0 cm³/mol. The molecule has 19 heavy (non-hydrogen) atoms. The fourth-order valence-corrected chi connectivity index (χ4v) is 1.99. The molecule has 6 heteroatoms. The molecule has 1 heterocycles. The summed E-state index contributed by atoms with van der Waals surface area (Å²) in [5.74, 6) is 0.888. The minimum atomic E-state index is -0.281. The van der Waals surface area contributed by atoms with Gasteiger partial charge in [0.1, 0.15) is 0 Å². The number of hydrogen-bond donors (Lipinski definition) is 1. The molecule has 2 rings (SSSR count). The molecule has 0 fully saturated rings. The summed E-state index contributed by atoms with van der Waals surface area (Å²) in [6, 6.07) is 5.40. The Kier molecular flexibility index (Phi) is 4.19. The Bertz CT molecular complexity index is 568. The van der Waals surface area contributed by atoms with E-state index in [1.54, 1.807) is 0 Å². The van der Waals surface area contributed by atoms with Crippen LogP contribution in [0.2, 0.25) is 5.02 Å². The van der Waals surface area contributed by atoms with Gasteiger partial charge in [-0.05, 0) is 32.6 Å². The molecule has 102 valence electrons. The predicted octanol–water partition coefficient (Wildman–Crippen LogP) is 2.26. The van der Waals surface area contributed by atoms with Crippen LogP contribution in [0.4, 0.5) is 0 Å². The van der Waals surface area contributed by atoms with Gasteiger partial charge >= 0.3 is 0 Å². The molecule has 0 saturated heterocycles. The van der Waals surface area contributed by atoms with Crippen LogP contribution in [-0.2, 0) is 0 Å². The molecule has 0 bridgehead atoms. The van der Waals surface area contributed by atoms with Crippen LogP contribution in [0, 0.1) is 6.92 Å². The van der Waals surface area contributed by atoms with Crippen LogP contribution in [0.5, 0.6) is 0 Å². The maximum absolute atomic E-state index is 6.23. The number of rotatable bonds is 4. The molecule has 0 amide bonds. The molecular weight excluding hydrogens is 264 g/mol. The molecule has 5 nitrogen and oxygen atoms in total. The molecule has 0 radical (unpaired) electrons. The third-order valence-corrected chi connectivity index (χ3v) is 3.26. The van der Waals surface area contributed by atoms with Crippen LogP contribution in [0.15, 0.2) is 22.7 Å². The average molecular weight is 281 g/mol. The van der Waals surface area contributed by atoms with E-state index in [1.165, 1.54) is 0 Å². The highest BCUT2D eigenvalue weighted by molar-refractivity contribution is 6.33. The standard InChI is InChI=1S/C13H17ClN4O/c1-8-5-4-6-9(11(8)14)13-16-12(17-19-13)10(15)7-18(2)3/h4-6,10H,7,15H2,1-3H3. The third kappa shape index (κ3) is 3.12. The van der Waals surface area contributed by atoms with E-state index in [0.717, 1.165) is 11.1 Å². The fourth-order valence-electron chi connectivity index (χ4n) is 1.78. The molecule has 0 saturated carbocycles. The van der Waals surface area contributed by atoms with Gasteiger partial charge in [0.15, 0.2) is 5.82 Å². The van der Waals surface area contributed by atoms with E-state index in [2.05, 4.69) is 10.1 Å². The molecular formula is C13H17ClN4O. The van der Waals surface area contributed by atoms with Gasteiger partial charge < -0.3 is 15.2 Å². The lowest BCUT2D eigenvalue weighted by molar-refractivity contribution is 0.357. The first-order chi connectivity index (χ1) is 8.99. The van der Waals surface area contributed by atoms with Gasteiger partial charge in [0.25, 0.3) is 5.89 Å². The van der Waals surface area contributed by atoms with Crippen LogP contribution in [0.3, 0.4) is 0 Å². The summed E-state index contributed by atoms with van der Waals surface area (Å²) in [5, 5.41) is 4.54. The number of hydrogen-bond acceptors (Lipinski definition) is 5. The Hall–Kier alpha value is -1.43. The van der Waals surface area contributed by atoms with Crippen molar-refractivity contribution in [2.24, 2.45) is 5.73 Å². The number of likely N-dealkylation sites (N-methyl/N-ethyl adjacent to an activating group) is 1. The quantitative estimate of drug-likeness (QED) is 0.930. The minimum Gasteiger partial charge on any atom is -0.334 e. The zero-order valence-corrected chi connectivity index (χ0v) is 12.0. The van der Waals surface area contributed by atoms with E-state index in [9.17, 15) is 0 Å². The van der Waals surface area contributed by atoms with Gasteiger partial charge in [-0.2, -0.15) is 4.98 Å². The minimum absolute atomic E-state index is 0.281. The average Bonchev–Trinajstić information content (AvgIpc) is 2.81. The Morgan fingerprint density at radius 2 is 2.16 bits per heavy atom. The summed E-state index contributed by atoms with van der Waals surface area (Å²) >= 11 is 6.23. The molecule has 1 aromatic carbocycles. The number of aryl methyl sites for hydroxylation is 1. The molecule has 2 N–H and O–H groups in total. The maximum Gasteiger partial charge on any atom is 0.259 e. The summed E-state index contributed by atoms with van der Waals surface area (Å²) in [5.41, 5.74) is 7.70. The van der Waals surface area contributed by atoms with Crippen molar-refractivity contribution >= 4 is 11.6 Å². The zero-order chi connectivity index (χ0) is 14.0. The molecule has 1 atom stereocenters. The van der Waals surface area contributed by atoms with Crippen molar-refractivity contribution in [2.45, 2.75) is 13.0 Å². The Balaban J connectivity index is 2.28. The molecule has 2 aromatic rings. The van der Waals surface area contributed by atoms with Gasteiger partial charge in [-0.3, -0.25) is 0 Å². The van der Waals surface area contributed by atoms with Crippen molar-refractivity contribution in [3.8, 4) is 11.5 Å². The second kappa shape index (κ2) is 5.69. The van der Waals surface area contributed by atoms with Crippen LogP contribution in [-0.4, -0.2) is 35.7 Å². The second-order valence-corrected chi connectivity index (χ2v) is 5.14. The highest BCUT2D eigenvalue weighted by Crippen LogP contribution is 2.29. The second-order valence-electron chi connectivity index (χ2n) is 4.76. The van der Waals surface area contributed by atoms with Crippen molar-refractivity contribution in [1.82, 2.24) is 15.0 Å². The Morgan fingerprint density at radius 3 is 2.84 bits per heavy atom. The number of halogens is 1. The lowest BCUT2D eigenvalue weighted by atomic mass is 10.1. The molecule has 0 aliphatic carbocycles. The first kappa shape index (κ1) is 14.0. The van der Waals surface area contributed by atoms with E-state index in [4.69, 9.17) is 21.9 Å². The normalized spacial score (nSPS) is 12.9. The number of nitrogens with zero attached hydrogens (tertiary/aromatic N) is 3. The summed E-state index contributed by atoms with van der Waals surface area (Å²) in [6.45, 7) is 2.58. The van der Waals surface area contributed by atoms with E-state index in [-0.39, 0.29) is 6.04 Å². The highest BCUT2D eigenvalue weighted by atomic mass is 35.5. The largest absolute Gasteiger partial charge is 0.334 e. The van der Waals surface area contributed by atoms with E-state index in [1.807, 2.05) is 44.1 Å². The van der Waals surface area contributed by atoms with Crippen molar-refractivity contribution in [1.29, 1.82) is 0 Å². The topological polar surface area (TPSA) is 68.2 Å². The molecule has 1 unspecified atom stereocenters. The third-order valence-electron chi connectivity index (χ3n) is 2.76. The summed E-state index contributed by atoms with van der Waals surface area (Å²) in [7, 11) is 3.89. The van der Waals surface area contributed by atoms with Crippen LogP contribution < -0.4 is 5.73 Å². The van der Waals surface area contributed by atoms with Crippen molar-refractivity contribution < 1.29 is 4.52 Å². The summed E-state index contributed by atoms with van der Waals surface area (Å²) in [6.07, 6.45) is 0. The first-order valence-corrected chi connectivity index (χ1v) is 6.36. The van der Waals surface area contributed by atoms with Crippen LogP contribution >= 0.6 is 11.6 Å². The zero-order valence-electron chi connectivity index (χ0n) is 11.2. The monoisotopic (exact) mass is 280 g/mol. The van der Waals surface area contributed by atoms with Gasteiger partial charge in [-0.25, -0.2) is 0 Å². The van der Waals surface area contributed by atoms with Crippen molar-refractivity contribution in [3.05, 3.63) is 34.6 Å². The van der Waals surface area contributed by atoms with Gasteiger partial charge in [0.05, 0.1) is 16.6 Å². The van der Waals surface area contributed by atoms with Crippen molar-refractivity contribution in [3.63, 3.8) is 0 Å². The van der Waals surface area contributed by atoms with Gasteiger partial charge in [-0.15, -0.1) is 0 Å². The van der Waals surface area contributed by atoms with Crippen LogP contribution in [0.25, 0.3) is 11.5 Å². The number of nitrogens with two attached hydrogens (primary N) is 1. The van der Waals surface area contributed by atoms with Crippen LogP contribution in [0.1, 0.15) is 17.4 Å². The fraction of sp³-hybridized carbons (Fsp3) is 0.385. The van der Waals surface area contributed by atoms with Gasteiger partial charge in [0, 0.05) is 6.54 Å². The number of aromatic nitrogens is 2. The Labute approximate surface area is 117 Å². The lowest BCUT2D eigenvalue weighted by Gasteiger charge is -2.12. The lowest BCUT2D eigenvalue weighted by Crippen LogP contribution is -2.26. The summed E-state index contributed by atoms with van der Waals surface area (Å²) in [4.78, 5) is 6.29. The first-order valence-electron chi connectivity index (χ1n) is 5.98. The summed E-state index contributed by atoms with van der Waals surface area (Å²) < 4.78 is 5.25. The molecule has 1 aromatic heterocycles. The molecule has 0 aliphatic heterocycles. The maximum atomic E-state index is 6.23.